The lowest BCUT2D eigenvalue weighted by molar-refractivity contribution is 0.262. The second-order valence-corrected chi connectivity index (χ2v) is 3.91. The lowest BCUT2D eigenvalue weighted by Gasteiger charge is -2.06. The summed E-state index contributed by atoms with van der Waals surface area (Å²) in [7, 11) is 0. The molecular formula is C11H11N5OS. The van der Waals surface area contributed by atoms with E-state index in [1.165, 1.54) is 6.20 Å². The van der Waals surface area contributed by atoms with Crippen LogP contribution in [0, 0.1) is 0 Å². The Morgan fingerprint density at radius 2 is 2.00 bits per heavy atom. The number of nitrogens with two attached hydrogens (primary N) is 1. The number of benzene rings is 1. The van der Waals surface area contributed by atoms with E-state index in [4.69, 9.17) is 18.0 Å². The average molecular weight is 261 g/mol. The van der Waals surface area contributed by atoms with Crippen LogP contribution in [0.5, 0.6) is 0 Å². The van der Waals surface area contributed by atoms with Gasteiger partial charge in [-0.3, -0.25) is 10.4 Å². The number of aromatic nitrogens is 2. The van der Waals surface area contributed by atoms with Crippen molar-refractivity contribution in [3.8, 4) is 0 Å². The van der Waals surface area contributed by atoms with E-state index >= 15 is 0 Å². The number of para-hydroxylation sites is 1. The molecule has 18 heavy (non-hydrogen) atoms. The first kappa shape index (κ1) is 12.1. The van der Waals surface area contributed by atoms with Crippen LogP contribution in [0.4, 0.5) is 16.3 Å². The molecule has 6 nitrogen and oxygen atoms in total. The molecule has 2 aromatic rings. The van der Waals surface area contributed by atoms with Crippen LogP contribution in [0.1, 0.15) is 5.56 Å². The van der Waals surface area contributed by atoms with Crippen LogP contribution in [0.25, 0.3) is 0 Å². The summed E-state index contributed by atoms with van der Waals surface area (Å²) in [5.74, 6) is 0.371. The van der Waals surface area contributed by atoms with Crippen molar-refractivity contribution in [1.82, 2.24) is 10.2 Å². The SMILES string of the molecule is NC(=S)c1cn[nH]c1NC(=O)Nc1ccccc1. The van der Waals surface area contributed by atoms with Crippen LogP contribution in [0.2, 0.25) is 0 Å². The van der Waals surface area contributed by atoms with Crippen molar-refractivity contribution < 1.29 is 4.79 Å². The maximum Gasteiger partial charge on any atom is 0.324 e. The molecule has 0 aliphatic rings. The van der Waals surface area contributed by atoms with E-state index in [0.29, 0.717) is 17.1 Å². The molecule has 1 aromatic heterocycles. The number of anilines is 2. The number of nitrogens with one attached hydrogen (secondary N) is 3. The van der Waals surface area contributed by atoms with Crippen molar-refractivity contribution in [2.24, 2.45) is 5.73 Å². The third kappa shape index (κ3) is 2.83. The number of carbonyl (C=O) groups is 1. The van der Waals surface area contributed by atoms with Crippen LogP contribution in [0.3, 0.4) is 0 Å². The Bertz CT molecular complexity index is 566. The maximum atomic E-state index is 11.7. The van der Waals surface area contributed by atoms with Crippen molar-refractivity contribution in [2.45, 2.75) is 0 Å². The number of nitrogens with zero attached hydrogens (tertiary/aromatic N) is 1. The molecule has 0 fully saturated rings. The molecule has 92 valence electrons. The van der Waals surface area contributed by atoms with Gasteiger partial charge in [-0.15, -0.1) is 0 Å². The number of thiocarbonyl (C=S) groups is 1. The largest absolute Gasteiger partial charge is 0.389 e. The van der Waals surface area contributed by atoms with Crippen LogP contribution in [0.15, 0.2) is 36.5 Å². The zero-order chi connectivity index (χ0) is 13.0. The molecule has 2 rings (SSSR count). The fraction of sp³-hybridized carbons (Fsp3) is 0. The molecule has 0 bridgehead atoms. The van der Waals surface area contributed by atoms with Crippen molar-refractivity contribution in [1.29, 1.82) is 0 Å². The summed E-state index contributed by atoms with van der Waals surface area (Å²) in [5.41, 5.74) is 6.67. The van der Waals surface area contributed by atoms with Gasteiger partial charge < -0.3 is 11.1 Å². The van der Waals surface area contributed by atoms with E-state index in [-0.39, 0.29) is 4.99 Å². The molecule has 0 atom stereocenters. The second kappa shape index (κ2) is 5.28. The Labute approximate surface area is 109 Å². The summed E-state index contributed by atoms with van der Waals surface area (Å²) in [5, 5.41) is 11.6. The number of H-pyrrole nitrogens is 1. The lowest BCUT2D eigenvalue weighted by atomic mass is 10.3. The molecule has 0 saturated heterocycles. The molecule has 0 aliphatic heterocycles. The molecule has 0 saturated carbocycles. The van der Waals surface area contributed by atoms with Gasteiger partial charge in [-0.1, -0.05) is 30.4 Å². The van der Waals surface area contributed by atoms with Gasteiger partial charge >= 0.3 is 6.03 Å². The fourth-order valence-electron chi connectivity index (χ4n) is 1.37. The van der Waals surface area contributed by atoms with Gasteiger partial charge in [-0.2, -0.15) is 5.10 Å². The molecule has 0 aliphatic carbocycles. The first-order valence-corrected chi connectivity index (χ1v) is 5.54. The third-order valence-corrected chi connectivity index (χ3v) is 2.39. The number of urea groups is 1. The van der Waals surface area contributed by atoms with E-state index in [0.717, 1.165) is 0 Å². The van der Waals surface area contributed by atoms with Crippen molar-refractivity contribution in [3.05, 3.63) is 42.1 Å². The number of amides is 2. The summed E-state index contributed by atoms with van der Waals surface area (Å²) in [4.78, 5) is 11.9. The molecular weight excluding hydrogens is 250 g/mol. The number of carbonyl (C=O) groups excluding carboxylic acids is 1. The highest BCUT2D eigenvalue weighted by Gasteiger charge is 2.10. The van der Waals surface area contributed by atoms with E-state index < -0.39 is 6.03 Å². The highest BCUT2D eigenvalue weighted by molar-refractivity contribution is 7.80. The Morgan fingerprint density at radius 1 is 1.28 bits per heavy atom. The van der Waals surface area contributed by atoms with Crippen molar-refractivity contribution >= 4 is 34.7 Å². The molecule has 2 amide bonds. The highest BCUT2D eigenvalue weighted by atomic mass is 32.1. The van der Waals surface area contributed by atoms with Gasteiger partial charge in [0.15, 0.2) is 0 Å². The minimum atomic E-state index is -0.400. The monoisotopic (exact) mass is 261 g/mol. The summed E-state index contributed by atoms with van der Waals surface area (Å²) >= 11 is 4.83. The summed E-state index contributed by atoms with van der Waals surface area (Å²) in [6, 6.07) is 8.67. The number of hydrogen-bond donors (Lipinski definition) is 4. The number of hydrogen-bond acceptors (Lipinski definition) is 3. The Balaban J connectivity index is 2.04. The average Bonchev–Trinajstić information content (AvgIpc) is 2.78. The number of rotatable bonds is 3. The third-order valence-electron chi connectivity index (χ3n) is 2.17. The lowest BCUT2D eigenvalue weighted by Crippen LogP contribution is -2.21. The quantitative estimate of drug-likeness (QED) is 0.632. The highest BCUT2D eigenvalue weighted by Crippen LogP contribution is 2.11. The summed E-state index contributed by atoms with van der Waals surface area (Å²) in [6.45, 7) is 0. The first-order valence-electron chi connectivity index (χ1n) is 5.13. The standard InChI is InChI=1S/C11H11N5OS/c12-9(18)8-6-13-16-10(8)15-11(17)14-7-4-2-1-3-5-7/h1-6H,(H2,12,18)(H3,13,14,15,16,17). The van der Waals surface area contributed by atoms with E-state index in [2.05, 4.69) is 20.8 Å². The smallest absolute Gasteiger partial charge is 0.324 e. The van der Waals surface area contributed by atoms with Crippen LogP contribution in [-0.2, 0) is 0 Å². The molecule has 5 N–H and O–H groups in total. The first-order chi connectivity index (χ1) is 8.66. The molecule has 0 spiro atoms. The van der Waals surface area contributed by atoms with E-state index in [1.807, 2.05) is 18.2 Å². The Morgan fingerprint density at radius 3 is 2.67 bits per heavy atom. The summed E-state index contributed by atoms with van der Waals surface area (Å²) < 4.78 is 0. The molecule has 7 heteroatoms. The normalized spacial score (nSPS) is 9.78. The van der Waals surface area contributed by atoms with Crippen molar-refractivity contribution in [3.63, 3.8) is 0 Å². The Kier molecular flexibility index (Phi) is 3.54. The van der Waals surface area contributed by atoms with Crippen LogP contribution in [-0.4, -0.2) is 21.2 Å². The van der Waals surface area contributed by atoms with Gasteiger partial charge in [0.2, 0.25) is 0 Å². The number of aromatic amines is 1. The van der Waals surface area contributed by atoms with E-state index in [9.17, 15) is 4.79 Å². The summed E-state index contributed by atoms with van der Waals surface area (Å²) in [6.07, 6.45) is 1.46. The Hall–Kier alpha value is -2.41. The molecule has 1 heterocycles. The van der Waals surface area contributed by atoms with Crippen LogP contribution < -0.4 is 16.4 Å². The minimum absolute atomic E-state index is 0.166. The van der Waals surface area contributed by atoms with Gasteiger partial charge in [0.05, 0.1) is 11.8 Å². The minimum Gasteiger partial charge on any atom is -0.389 e. The second-order valence-electron chi connectivity index (χ2n) is 3.47. The molecule has 0 radical (unpaired) electrons. The maximum absolute atomic E-state index is 11.7. The van der Waals surface area contributed by atoms with Gasteiger partial charge in [0.1, 0.15) is 10.8 Å². The molecule has 0 unspecified atom stereocenters. The zero-order valence-electron chi connectivity index (χ0n) is 9.31. The van der Waals surface area contributed by atoms with Gasteiger partial charge in [-0.25, -0.2) is 4.79 Å². The van der Waals surface area contributed by atoms with Crippen LogP contribution >= 0.6 is 12.2 Å². The van der Waals surface area contributed by atoms with E-state index in [1.54, 1.807) is 12.1 Å². The fourth-order valence-corrected chi connectivity index (χ4v) is 1.52. The van der Waals surface area contributed by atoms with Gasteiger partial charge in [-0.05, 0) is 12.1 Å². The van der Waals surface area contributed by atoms with Gasteiger partial charge in [0.25, 0.3) is 0 Å². The van der Waals surface area contributed by atoms with Gasteiger partial charge in [0, 0.05) is 5.69 Å². The zero-order valence-corrected chi connectivity index (χ0v) is 10.1. The molecule has 1 aromatic carbocycles. The predicted octanol–water partition coefficient (Wildman–Crippen LogP) is 1.69. The topological polar surface area (TPSA) is 95.8 Å². The predicted molar refractivity (Wildman–Crippen MR) is 73.6 cm³/mol. The van der Waals surface area contributed by atoms with Crippen molar-refractivity contribution in [2.75, 3.05) is 10.6 Å².